The van der Waals surface area contributed by atoms with Crippen LogP contribution >= 0.6 is 34.4 Å². The second kappa shape index (κ2) is 6.94. The first kappa shape index (κ1) is 15.2. The molecule has 1 aliphatic heterocycles. The second-order valence-electron chi connectivity index (χ2n) is 3.98. The van der Waals surface area contributed by atoms with Gasteiger partial charge in [-0.05, 0) is 31.4 Å². The second-order valence-corrected chi connectivity index (χ2v) is 11.4. The molecule has 3 nitrogen and oxygen atoms in total. The van der Waals surface area contributed by atoms with E-state index in [0.29, 0.717) is 2.75 Å². The Labute approximate surface area is 117 Å². The molecule has 0 aromatic carbocycles. The summed E-state index contributed by atoms with van der Waals surface area (Å²) in [7, 11) is 2.72. The standard InChI is InChI=1S/C10H21IO3SSi/c1-12-16(13-2,14-3)9-5-7-10(11)6-4-8-15-10/h4-9H2,1-3H3. The summed E-state index contributed by atoms with van der Waals surface area (Å²) in [5, 5.41) is 0. The number of alkyl halides is 1. The number of halogens is 1. The molecule has 1 unspecified atom stereocenters. The van der Waals surface area contributed by atoms with E-state index in [1.165, 1.54) is 25.0 Å². The van der Waals surface area contributed by atoms with Gasteiger partial charge >= 0.3 is 8.80 Å². The highest BCUT2D eigenvalue weighted by atomic mass is 127. The Morgan fingerprint density at radius 2 is 1.88 bits per heavy atom. The molecule has 6 heteroatoms. The van der Waals surface area contributed by atoms with Gasteiger partial charge in [0.25, 0.3) is 0 Å². The van der Waals surface area contributed by atoms with Gasteiger partial charge in [0.15, 0.2) is 0 Å². The fourth-order valence-electron chi connectivity index (χ4n) is 1.99. The van der Waals surface area contributed by atoms with Crippen LogP contribution in [-0.2, 0) is 13.3 Å². The number of hydrogen-bond donors (Lipinski definition) is 0. The van der Waals surface area contributed by atoms with E-state index < -0.39 is 8.80 Å². The number of thioether (sulfide) groups is 1. The Kier molecular flexibility index (Phi) is 6.61. The van der Waals surface area contributed by atoms with Crippen LogP contribution in [0.25, 0.3) is 0 Å². The molecule has 0 aliphatic carbocycles. The molecule has 1 fully saturated rings. The van der Waals surface area contributed by atoms with Crippen LogP contribution in [0.1, 0.15) is 25.7 Å². The molecule has 96 valence electrons. The molecule has 1 rings (SSSR count). The van der Waals surface area contributed by atoms with Gasteiger partial charge in [0.1, 0.15) is 0 Å². The molecular formula is C10H21IO3SSi. The lowest BCUT2D eigenvalue weighted by atomic mass is 10.2. The summed E-state index contributed by atoms with van der Waals surface area (Å²) in [4.78, 5) is 0. The minimum atomic E-state index is -2.33. The highest BCUT2D eigenvalue weighted by Gasteiger charge is 2.39. The van der Waals surface area contributed by atoms with Gasteiger partial charge in [-0.15, -0.1) is 11.8 Å². The molecule has 0 aromatic heterocycles. The Hall–Kier alpha value is 1.18. The molecule has 1 atom stereocenters. The summed E-state index contributed by atoms with van der Waals surface area (Å²) >= 11 is 4.71. The molecule has 16 heavy (non-hydrogen) atoms. The van der Waals surface area contributed by atoms with Crippen LogP contribution in [0.3, 0.4) is 0 Å². The first-order valence-corrected chi connectivity index (χ1v) is 9.58. The summed E-state index contributed by atoms with van der Waals surface area (Å²) in [5.41, 5.74) is 0. The molecule has 0 bridgehead atoms. The van der Waals surface area contributed by atoms with Crippen molar-refractivity contribution in [2.75, 3.05) is 27.1 Å². The van der Waals surface area contributed by atoms with Crippen molar-refractivity contribution in [3.8, 4) is 0 Å². The van der Waals surface area contributed by atoms with Crippen LogP contribution in [0.4, 0.5) is 0 Å². The van der Waals surface area contributed by atoms with Crippen molar-refractivity contribution in [1.82, 2.24) is 0 Å². The van der Waals surface area contributed by atoms with Crippen molar-refractivity contribution in [1.29, 1.82) is 0 Å². The topological polar surface area (TPSA) is 27.7 Å². The number of rotatable bonds is 7. The highest BCUT2D eigenvalue weighted by Crippen LogP contribution is 2.47. The number of hydrogen-bond acceptors (Lipinski definition) is 4. The third-order valence-corrected chi connectivity index (χ3v) is 9.28. The minimum absolute atomic E-state index is 0.452. The van der Waals surface area contributed by atoms with Gasteiger partial charge in [-0.2, -0.15) is 0 Å². The summed E-state index contributed by atoms with van der Waals surface area (Å²) in [5.74, 6) is 1.31. The molecule has 1 heterocycles. The van der Waals surface area contributed by atoms with Crippen molar-refractivity contribution >= 4 is 43.2 Å². The van der Waals surface area contributed by atoms with E-state index in [1.807, 2.05) is 0 Å². The van der Waals surface area contributed by atoms with Gasteiger partial charge in [0, 0.05) is 27.4 Å². The van der Waals surface area contributed by atoms with Crippen LogP contribution in [0.2, 0.25) is 6.04 Å². The van der Waals surface area contributed by atoms with E-state index in [4.69, 9.17) is 13.3 Å². The maximum Gasteiger partial charge on any atom is 0.500 e. The Balaban J connectivity index is 2.32. The van der Waals surface area contributed by atoms with Crippen molar-refractivity contribution < 1.29 is 13.3 Å². The average Bonchev–Trinajstić information content (AvgIpc) is 2.73. The Morgan fingerprint density at radius 1 is 1.25 bits per heavy atom. The SMILES string of the molecule is CO[Si](CCCC1(I)CCCS1)(OC)OC. The molecule has 0 radical (unpaired) electrons. The van der Waals surface area contributed by atoms with E-state index in [0.717, 1.165) is 12.5 Å². The smallest absolute Gasteiger partial charge is 0.377 e. The van der Waals surface area contributed by atoms with Crippen LogP contribution in [0.5, 0.6) is 0 Å². The minimum Gasteiger partial charge on any atom is -0.377 e. The third kappa shape index (κ3) is 4.13. The molecule has 0 amide bonds. The maximum absolute atomic E-state index is 5.42. The molecular weight excluding hydrogens is 355 g/mol. The summed E-state index contributed by atoms with van der Waals surface area (Å²) in [6, 6.07) is 0.918. The fourth-order valence-corrected chi connectivity index (χ4v) is 6.36. The third-order valence-electron chi connectivity index (χ3n) is 3.02. The Morgan fingerprint density at radius 3 is 2.31 bits per heavy atom. The highest BCUT2D eigenvalue weighted by molar-refractivity contribution is 14.1. The van der Waals surface area contributed by atoms with E-state index in [2.05, 4.69) is 34.4 Å². The first-order chi connectivity index (χ1) is 7.60. The van der Waals surface area contributed by atoms with E-state index in [1.54, 1.807) is 21.3 Å². The van der Waals surface area contributed by atoms with Crippen molar-refractivity contribution in [2.24, 2.45) is 0 Å². The predicted octanol–water partition coefficient (Wildman–Crippen LogP) is 3.30. The van der Waals surface area contributed by atoms with Crippen molar-refractivity contribution in [3.05, 3.63) is 0 Å². The lowest BCUT2D eigenvalue weighted by molar-refractivity contribution is 0.122. The molecule has 0 saturated carbocycles. The zero-order valence-corrected chi connectivity index (χ0v) is 14.2. The van der Waals surface area contributed by atoms with Gasteiger partial charge in [0.05, 0.1) is 2.75 Å². The quantitative estimate of drug-likeness (QED) is 0.387. The summed E-state index contributed by atoms with van der Waals surface area (Å²) in [6.45, 7) is 0. The molecule has 0 N–H and O–H groups in total. The van der Waals surface area contributed by atoms with Gasteiger partial charge in [-0.1, -0.05) is 22.6 Å². The maximum atomic E-state index is 5.42. The van der Waals surface area contributed by atoms with E-state index in [9.17, 15) is 0 Å². The summed E-state index contributed by atoms with van der Waals surface area (Å²) in [6.07, 6.45) is 5.04. The normalized spacial score (nSPS) is 26.2. The van der Waals surface area contributed by atoms with E-state index >= 15 is 0 Å². The zero-order valence-electron chi connectivity index (χ0n) is 10.3. The van der Waals surface area contributed by atoms with Crippen LogP contribution in [0.15, 0.2) is 0 Å². The van der Waals surface area contributed by atoms with Gasteiger partial charge in [-0.25, -0.2) is 0 Å². The van der Waals surface area contributed by atoms with E-state index in [-0.39, 0.29) is 0 Å². The average molecular weight is 376 g/mol. The fraction of sp³-hybridized carbons (Fsp3) is 1.00. The largest absolute Gasteiger partial charge is 0.500 e. The van der Waals surface area contributed by atoms with Gasteiger partial charge in [0.2, 0.25) is 0 Å². The van der Waals surface area contributed by atoms with Crippen molar-refractivity contribution in [2.45, 2.75) is 34.5 Å². The molecule has 1 aliphatic rings. The lowest BCUT2D eigenvalue weighted by Crippen LogP contribution is -2.42. The van der Waals surface area contributed by atoms with Crippen molar-refractivity contribution in [3.63, 3.8) is 0 Å². The first-order valence-electron chi connectivity index (χ1n) is 5.58. The van der Waals surface area contributed by atoms with Gasteiger partial charge in [-0.3, -0.25) is 0 Å². The van der Waals surface area contributed by atoms with Crippen LogP contribution < -0.4 is 0 Å². The molecule has 1 saturated heterocycles. The monoisotopic (exact) mass is 376 g/mol. The lowest BCUT2D eigenvalue weighted by Gasteiger charge is -2.26. The van der Waals surface area contributed by atoms with Gasteiger partial charge < -0.3 is 13.3 Å². The Bertz CT molecular complexity index is 200. The predicted molar refractivity (Wildman–Crippen MR) is 79.3 cm³/mol. The van der Waals surface area contributed by atoms with Crippen LogP contribution in [-0.4, -0.2) is 38.6 Å². The summed E-state index contributed by atoms with van der Waals surface area (Å²) < 4.78 is 16.7. The zero-order chi connectivity index (χ0) is 12.1. The van der Waals surface area contributed by atoms with Crippen LogP contribution in [0, 0.1) is 0 Å². The molecule has 0 aromatic rings. The molecule has 0 spiro atoms.